The summed E-state index contributed by atoms with van der Waals surface area (Å²) < 4.78 is 11.2. The summed E-state index contributed by atoms with van der Waals surface area (Å²) >= 11 is 1.46. The number of hydrogen-bond acceptors (Lipinski definition) is 6. The van der Waals surface area contributed by atoms with E-state index in [-0.39, 0.29) is 11.8 Å². The minimum atomic E-state index is -0.0128. The third-order valence-corrected chi connectivity index (χ3v) is 5.78. The zero-order valence-electron chi connectivity index (χ0n) is 18.1. The van der Waals surface area contributed by atoms with Crippen LogP contribution in [-0.2, 0) is 16.0 Å². The first kappa shape index (κ1) is 22.9. The van der Waals surface area contributed by atoms with Gasteiger partial charge in [-0.1, -0.05) is 17.8 Å². The van der Waals surface area contributed by atoms with Gasteiger partial charge in [0.15, 0.2) is 11.5 Å². The number of nitrogens with zero attached hydrogens (tertiary/aromatic N) is 2. The molecule has 3 rings (SSSR count). The number of hydrogen-bond donors (Lipinski definition) is 1. The zero-order valence-corrected chi connectivity index (χ0v) is 18.9. The molecule has 0 aliphatic carbocycles. The van der Waals surface area contributed by atoms with E-state index >= 15 is 0 Å². The van der Waals surface area contributed by atoms with Crippen LogP contribution < -0.4 is 19.7 Å². The Hall–Kier alpha value is -2.74. The van der Waals surface area contributed by atoms with Crippen molar-refractivity contribution in [2.45, 2.75) is 38.1 Å². The van der Waals surface area contributed by atoms with Gasteiger partial charge in [0.2, 0.25) is 11.8 Å². The number of nitrogens with one attached hydrogen (secondary N) is 1. The summed E-state index contributed by atoms with van der Waals surface area (Å²) in [6.45, 7) is 6.09. The molecule has 0 atom stereocenters. The summed E-state index contributed by atoms with van der Waals surface area (Å²) in [6.07, 6.45) is 3.42. The SMILES string of the molecule is CCOc1ccc(CCNC(=O)CCCN2C(=O)CSc3ncccc32)cc1OCC. The Kier molecular flexibility index (Phi) is 8.58. The molecular formula is C23H29N3O4S. The maximum atomic E-state index is 12.3. The van der Waals surface area contributed by atoms with Gasteiger partial charge in [0, 0.05) is 25.7 Å². The molecule has 2 heterocycles. The number of ether oxygens (including phenoxy) is 2. The second-order valence-corrected chi connectivity index (χ2v) is 7.98. The first-order valence-corrected chi connectivity index (χ1v) is 11.6. The highest BCUT2D eigenvalue weighted by molar-refractivity contribution is 8.00. The molecule has 166 valence electrons. The number of amides is 2. The van der Waals surface area contributed by atoms with Crippen LogP contribution in [0.5, 0.6) is 11.5 Å². The van der Waals surface area contributed by atoms with E-state index in [0.29, 0.717) is 51.3 Å². The first-order valence-electron chi connectivity index (χ1n) is 10.7. The fourth-order valence-corrected chi connectivity index (χ4v) is 4.25. The number of pyridine rings is 1. The van der Waals surface area contributed by atoms with Gasteiger partial charge < -0.3 is 19.7 Å². The van der Waals surface area contributed by atoms with Crippen molar-refractivity contribution in [3.8, 4) is 11.5 Å². The predicted octanol–water partition coefficient (Wildman–Crippen LogP) is 3.46. The third-order valence-electron chi connectivity index (χ3n) is 4.80. The van der Waals surface area contributed by atoms with Gasteiger partial charge in [-0.15, -0.1) is 0 Å². The summed E-state index contributed by atoms with van der Waals surface area (Å²) in [4.78, 5) is 30.6. The van der Waals surface area contributed by atoms with Crippen molar-refractivity contribution in [2.24, 2.45) is 0 Å². The van der Waals surface area contributed by atoms with Crippen LogP contribution in [0.1, 0.15) is 32.3 Å². The van der Waals surface area contributed by atoms with Crippen LogP contribution in [0.2, 0.25) is 0 Å². The van der Waals surface area contributed by atoms with Crippen LogP contribution >= 0.6 is 11.8 Å². The molecule has 1 N–H and O–H groups in total. The number of fused-ring (bicyclic) bond motifs is 1. The van der Waals surface area contributed by atoms with Gasteiger partial charge in [-0.25, -0.2) is 4.98 Å². The highest BCUT2D eigenvalue weighted by Gasteiger charge is 2.25. The highest BCUT2D eigenvalue weighted by Crippen LogP contribution is 2.33. The molecule has 0 radical (unpaired) electrons. The monoisotopic (exact) mass is 443 g/mol. The Labute approximate surface area is 187 Å². The normalized spacial score (nSPS) is 13.0. The molecule has 8 heteroatoms. The minimum absolute atomic E-state index is 0.0128. The highest BCUT2D eigenvalue weighted by atomic mass is 32.2. The van der Waals surface area contributed by atoms with Crippen molar-refractivity contribution in [1.82, 2.24) is 10.3 Å². The molecule has 2 aromatic rings. The third kappa shape index (κ3) is 6.37. The Balaban J connectivity index is 1.43. The van der Waals surface area contributed by atoms with Gasteiger partial charge in [0.05, 0.1) is 24.7 Å². The van der Waals surface area contributed by atoms with Gasteiger partial charge in [-0.05, 0) is 56.5 Å². The maximum absolute atomic E-state index is 12.3. The van der Waals surface area contributed by atoms with Crippen LogP contribution in [-0.4, -0.2) is 48.9 Å². The average molecular weight is 444 g/mol. The number of thioether (sulfide) groups is 1. The van der Waals surface area contributed by atoms with Crippen molar-refractivity contribution < 1.29 is 19.1 Å². The molecule has 0 fully saturated rings. The van der Waals surface area contributed by atoms with Gasteiger partial charge in [-0.2, -0.15) is 0 Å². The van der Waals surface area contributed by atoms with Crippen molar-refractivity contribution >= 4 is 29.3 Å². The van der Waals surface area contributed by atoms with E-state index in [0.717, 1.165) is 27.8 Å². The summed E-state index contributed by atoms with van der Waals surface area (Å²) in [5.41, 5.74) is 1.91. The van der Waals surface area contributed by atoms with Crippen LogP contribution in [0.3, 0.4) is 0 Å². The zero-order chi connectivity index (χ0) is 22.1. The van der Waals surface area contributed by atoms with Gasteiger partial charge in [0.25, 0.3) is 0 Å². The van der Waals surface area contributed by atoms with Crippen LogP contribution in [0.4, 0.5) is 5.69 Å². The number of carbonyl (C=O) groups is 2. The summed E-state index contributed by atoms with van der Waals surface area (Å²) in [7, 11) is 0. The Bertz CT molecular complexity index is 906. The largest absolute Gasteiger partial charge is 0.490 e. The molecular weight excluding hydrogens is 414 g/mol. The summed E-state index contributed by atoms with van der Waals surface area (Å²) in [5.74, 6) is 1.90. The lowest BCUT2D eigenvalue weighted by Gasteiger charge is -2.27. The van der Waals surface area contributed by atoms with Crippen LogP contribution in [0.15, 0.2) is 41.6 Å². The minimum Gasteiger partial charge on any atom is -0.490 e. The van der Waals surface area contributed by atoms with Crippen LogP contribution in [0.25, 0.3) is 0 Å². The Morgan fingerprint density at radius 1 is 1.19 bits per heavy atom. The fraction of sp³-hybridized carbons (Fsp3) is 0.435. The lowest BCUT2D eigenvalue weighted by atomic mass is 10.1. The summed E-state index contributed by atoms with van der Waals surface area (Å²) in [5, 5.41) is 3.83. The standard InChI is InChI=1S/C23H29N3O4S/c1-3-29-19-10-9-17(15-20(19)30-4-2)11-13-24-21(27)8-6-14-26-18-7-5-12-25-23(18)31-16-22(26)28/h5,7,9-10,12,15H,3-4,6,8,11,13-14,16H2,1-2H3,(H,24,27). The van der Waals surface area contributed by atoms with Gasteiger partial charge in [-0.3, -0.25) is 9.59 Å². The number of aromatic nitrogens is 1. The molecule has 0 saturated heterocycles. The lowest BCUT2D eigenvalue weighted by Crippen LogP contribution is -2.37. The average Bonchev–Trinajstić information content (AvgIpc) is 2.77. The number of rotatable bonds is 11. The number of anilines is 1. The predicted molar refractivity (Wildman–Crippen MR) is 122 cm³/mol. The molecule has 0 bridgehead atoms. The van der Waals surface area contributed by atoms with E-state index in [4.69, 9.17) is 9.47 Å². The van der Waals surface area contributed by atoms with E-state index in [1.165, 1.54) is 11.8 Å². The van der Waals surface area contributed by atoms with E-state index in [2.05, 4.69) is 10.3 Å². The topological polar surface area (TPSA) is 80.8 Å². The molecule has 1 aromatic carbocycles. The van der Waals surface area contributed by atoms with Crippen molar-refractivity contribution in [1.29, 1.82) is 0 Å². The molecule has 0 spiro atoms. The molecule has 1 aromatic heterocycles. The quantitative estimate of drug-likeness (QED) is 0.573. The van der Waals surface area contributed by atoms with E-state index in [1.807, 2.05) is 44.2 Å². The van der Waals surface area contributed by atoms with Gasteiger partial charge >= 0.3 is 0 Å². The molecule has 0 unspecified atom stereocenters. The van der Waals surface area contributed by atoms with Crippen LogP contribution in [0, 0.1) is 0 Å². The fourth-order valence-electron chi connectivity index (χ4n) is 3.37. The lowest BCUT2D eigenvalue weighted by molar-refractivity contribution is -0.121. The maximum Gasteiger partial charge on any atom is 0.237 e. The summed E-state index contributed by atoms with van der Waals surface area (Å²) in [6, 6.07) is 9.60. The van der Waals surface area contributed by atoms with Gasteiger partial charge in [0.1, 0.15) is 5.03 Å². The first-order chi connectivity index (χ1) is 15.1. The molecule has 0 saturated carbocycles. The smallest absolute Gasteiger partial charge is 0.237 e. The van der Waals surface area contributed by atoms with Crippen molar-refractivity contribution in [3.63, 3.8) is 0 Å². The Morgan fingerprint density at radius 3 is 2.81 bits per heavy atom. The molecule has 31 heavy (non-hydrogen) atoms. The van der Waals surface area contributed by atoms with Crippen molar-refractivity contribution in [3.05, 3.63) is 42.1 Å². The molecule has 7 nitrogen and oxygen atoms in total. The van der Waals surface area contributed by atoms with Crippen molar-refractivity contribution in [2.75, 3.05) is 37.0 Å². The second kappa shape index (κ2) is 11.6. The van der Waals surface area contributed by atoms with E-state index in [1.54, 1.807) is 11.1 Å². The second-order valence-electron chi connectivity index (χ2n) is 7.01. The Morgan fingerprint density at radius 2 is 2.00 bits per heavy atom. The molecule has 2 amide bonds. The number of carbonyl (C=O) groups excluding carboxylic acids is 2. The number of benzene rings is 1. The molecule has 1 aliphatic heterocycles. The molecule has 1 aliphatic rings. The van der Waals surface area contributed by atoms with E-state index < -0.39 is 0 Å². The van der Waals surface area contributed by atoms with E-state index in [9.17, 15) is 9.59 Å².